The first-order chi connectivity index (χ1) is 6.61. The smallest absolute Gasteiger partial charge is 0.317 e. The highest BCUT2D eigenvalue weighted by molar-refractivity contribution is 5.69. The molecule has 0 heterocycles. The quantitative estimate of drug-likeness (QED) is 0.445. The lowest BCUT2D eigenvalue weighted by Crippen LogP contribution is -2.45. The van der Waals surface area contributed by atoms with Gasteiger partial charge in [-0.1, -0.05) is 12.2 Å². The first-order valence-electron chi connectivity index (χ1n) is 4.52. The van der Waals surface area contributed by atoms with Crippen LogP contribution in [0.25, 0.3) is 0 Å². The van der Waals surface area contributed by atoms with Gasteiger partial charge in [-0.15, -0.1) is 13.2 Å². The molecule has 0 fully saturated rings. The van der Waals surface area contributed by atoms with Gasteiger partial charge < -0.3 is 5.11 Å². The van der Waals surface area contributed by atoms with Crippen molar-refractivity contribution in [2.24, 2.45) is 0 Å². The van der Waals surface area contributed by atoms with Crippen LogP contribution in [0.3, 0.4) is 0 Å². The number of nitrogens with zero attached hydrogens (tertiary/aromatic N) is 1. The predicted octanol–water partition coefficient (Wildman–Crippen LogP) is 0.681. The van der Waals surface area contributed by atoms with Crippen LogP contribution in [0.2, 0.25) is 0 Å². The minimum atomic E-state index is -0.853. The molecule has 0 aliphatic rings. The number of rotatable bonds is 8. The molecular formula is C10H18N2O2. The van der Waals surface area contributed by atoms with Gasteiger partial charge in [0.2, 0.25) is 0 Å². The Morgan fingerprint density at radius 2 is 2.00 bits per heavy atom. The zero-order valence-corrected chi connectivity index (χ0v) is 8.57. The fourth-order valence-electron chi connectivity index (χ4n) is 1.09. The average Bonchev–Trinajstić information content (AvgIpc) is 2.14. The van der Waals surface area contributed by atoms with Crippen LogP contribution in [0.15, 0.2) is 25.3 Å². The Bertz CT molecular complexity index is 194. The van der Waals surface area contributed by atoms with Crippen molar-refractivity contribution in [3.63, 3.8) is 0 Å². The van der Waals surface area contributed by atoms with Gasteiger partial charge in [0.1, 0.15) is 0 Å². The van der Waals surface area contributed by atoms with E-state index < -0.39 is 5.97 Å². The summed E-state index contributed by atoms with van der Waals surface area (Å²) in [5, 5.41) is 11.4. The maximum atomic E-state index is 10.3. The predicted molar refractivity (Wildman–Crippen MR) is 57.1 cm³/mol. The molecule has 0 saturated heterocycles. The Balaban J connectivity index is 3.98. The van der Waals surface area contributed by atoms with Crippen molar-refractivity contribution in [1.29, 1.82) is 0 Å². The molecule has 0 aromatic rings. The maximum absolute atomic E-state index is 10.3. The molecule has 0 radical (unpaired) electrons. The van der Waals surface area contributed by atoms with Crippen molar-refractivity contribution in [3.05, 3.63) is 25.3 Å². The molecule has 2 N–H and O–H groups in total. The minimum Gasteiger partial charge on any atom is -0.480 e. The van der Waals surface area contributed by atoms with Crippen LogP contribution < -0.4 is 5.32 Å². The third-order valence-corrected chi connectivity index (χ3v) is 1.82. The van der Waals surface area contributed by atoms with E-state index in [1.807, 2.05) is 11.8 Å². The van der Waals surface area contributed by atoms with Gasteiger partial charge in [-0.25, -0.2) is 0 Å². The van der Waals surface area contributed by atoms with E-state index in [0.717, 1.165) is 0 Å². The molecule has 0 spiro atoms. The summed E-state index contributed by atoms with van der Waals surface area (Å²) in [7, 11) is 0. The van der Waals surface area contributed by atoms with Crippen LogP contribution in [0, 0.1) is 0 Å². The summed E-state index contributed by atoms with van der Waals surface area (Å²) >= 11 is 0. The molecule has 1 unspecified atom stereocenters. The lowest BCUT2D eigenvalue weighted by molar-refractivity contribution is -0.136. The van der Waals surface area contributed by atoms with E-state index in [1.165, 1.54) is 0 Å². The molecule has 1 atom stereocenters. The maximum Gasteiger partial charge on any atom is 0.317 e. The molecule has 80 valence electrons. The molecule has 0 bridgehead atoms. The monoisotopic (exact) mass is 198 g/mol. The van der Waals surface area contributed by atoms with Gasteiger partial charge in [0.25, 0.3) is 0 Å². The largest absolute Gasteiger partial charge is 0.480 e. The molecule has 4 nitrogen and oxygen atoms in total. The number of hydrogen-bond donors (Lipinski definition) is 2. The van der Waals surface area contributed by atoms with Crippen LogP contribution in [-0.2, 0) is 4.79 Å². The number of carboxylic acids is 1. The van der Waals surface area contributed by atoms with Gasteiger partial charge in [0, 0.05) is 13.1 Å². The summed E-state index contributed by atoms with van der Waals surface area (Å²) in [6, 6.07) is 0. The summed E-state index contributed by atoms with van der Waals surface area (Å²) in [5.74, 6) is -0.853. The van der Waals surface area contributed by atoms with E-state index >= 15 is 0 Å². The van der Waals surface area contributed by atoms with E-state index in [-0.39, 0.29) is 12.7 Å². The Morgan fingerprint density at radius 3 is 2.36 bits per heavy atom. The summed E-state index contributed by atoms with van der Waals surface area (Å²) in [6.07, 6.45) is 3.56. The fraction of sp³-hybridized carbons (Fsp3) is 0.500. The summed E-state index contributed by atoms with van der Waals surface area (Å²) in [4.78, 5) is 12.4. The molecule has 0 aromatic heterocycles. The Morgan fingerprint density at radius 1 is 1.50 bits per heavy atom. The SMILES string of the molecule is C=CCN(CC=C)C(C)NCC(=O)O. The number of carboxylic acid groups (broad SMARTS) is 1. The summed E-state index contributed by atoms with van der Waals surface area (Å²) < 4.78 is 0. The van der Waals surface area contributed by atoms with Crippen LogP contribution in [0.4, 0.5) is 0 Å². The van der Waals surface area contributed by atoms with Gasteiger partial charge in [-0.05, 0) is 6.92 Å². The third kappa shape index (κ3) is 5.50. The van der Waals surface area contributed by atoms with Crippen LogP contribution in [0.1, 0.15) is 6.92 Å². The van der Waals surface area contributed by atoms with E-state index in [0.29, 0.717) is 13.1 Å². The molecule has 0 aliphatic carbocycles. The Kier molecular flexibility index (Phi) is 6.70. The number of carbonyl (C=O) groups is 1. The zero-order valence-electron chi connectivity index (χ0n) is 8.57. The molecule has 4 heteroatoms. The lowest BCUT2D eigenvalue weighted by Gasteiger charge is -2.26. The van der Waals surface area contributed by atoms with E-state index in [9.17, 15) is 4.79 Å². The van der Waals surface area contributed by atoms with Crippen molar-refractivity contribution in [3.8, 4) is 0 Å². The average molecular weight is 198 g/mol. The fourth-order valence-corrected chi connectivity index (χ4v) is 1.09. The minimum absolute atomic E-state index is 0.00194. The number of nitrogens with one attached hydrogen (secondary N) is 1. The highest BCUT2D eigenvalue weighted by atomic mass is 16.4. The summed E-state index contributed by atoms with van der Waals surface area (Å²) in [6.45, 7) is 10.6. The normalized spacial score (nSPS) is 12.4. The molecule has 0 rings (SSSR count). The zero-order chi connectivity index (χ0) is 11.0. The number of hydrogen-bond acceptors (Lipinski definition) is 3. The molecule has 0 amide bonds. The second-order valence-electron chi connectivity index (χ2n) is 2.98. The Labute approximate surface area is 84.9 Å². The highest BCUT2D eigenvalue weighted by Crippen LogP contribution is 1.95. The van der Waals surface area contributed by atoms with Crippen LogP contribution in [0.5, 0.6) is 0 Å². The van der Waals surface area contributed by atoms with Gasteiger partial charge >= 0.3 is 5.97 Å². The van der Waals surface area contributed by atoms with Crippen molar-refractivity contribution >= 4 is 5.97 Å². The van der Waals surface area contributed by atoms with Gasteiger partial charge in [0.05, 0.1) is 12.7 Å². The second kappa shape index (κ2) is 7.29. The van der Waals surface area contributed by atoms with E-state index in [1.54, 1.807) is 12.2 Å². The summed E-state index contributed by atoms with van der Waals surface area (Å²) in [5.41, 5.74) is 0. The molecular weight excluding hydrogens is 180 g/mol. The highest BCUT2D eigenvalue weighted by Gasteiger charge is 2.10. The van der Waals surface area contributed by atoms with Crippen LogP contribution in [-0.4, -0.2) is 41.8 Å². The van der Waals surface area contributed by atoms with E-state index in [2.05, 4.69) is 18.5 Å². The van der Waals surface area contributed by atoms with E-state index in [4.69, 9.17) is 5.11 Å². The molecule has 0 aliphatic heterocycles. The standard InChI is InChI=1S/C10H18N2O2/c1-4-6-12(7-5-2)9(3)11-8-10(13)14/h4-5,9,11H,1-2,6-8H2,3H3,(H,13,14). The Hall–Kier alpha value is -1.13. The molecule has 0 aromatic carbocycles. The lowest BCUT2D eigenvalue weighted by atomic mass is 10.4. The number of aliphatic carboxylic acids is 1. The first kappa shape index (κ1) is 12.9. The van der Waals surface area contributed by atoms with Crippen molar-refractivity contribution in [2.45, 2.75) is 13.1 Å². The molecule has 0 saturated carbocycles. The molecule has 14 heavy (non-hydrogen) atoms. The van der Waals surface area contributed by atoms with Gasteiger partial charge in [0.15, 0.2) is 0 Å². The van der Waals surface area contributed by atoms with Crippen molar-refractivity contribution in [2.75, 3.05) is 19.6 Å². The van der Waals surface area contributed by atoms with Gasteiger partial charge in [-0.2, -0.15) is 0 Å². The first-order valence-corrected chi connectivity index (χ1v) is 4.52. The van der Waals surface area contributed by atoms with Gasteiger partial charge in [-0.3, -0.25) is 15.0 Å². The van der Waals surface area contributed by atoms with Crippen LogP contribution >= 0.6 is 0 Å². The second-order valence-corrected chi connectivity index (χ2v) is 2.98. The topological polar surface area (TPSA) is 52.6 Å². The third-order valence-electron chi connectivity index (χ3n) is 1.82. The van der Waals surface area contributed by atoms with Crippen molar-refractivity contribution < 1.29 is 9.90 Å². The van der Waals surface area contributed by atoms with Crippen molar-refractivity contribution in [1.82, 2.24) is 10.2 Å².